The van der Waals surface area contributed by atoms with Crippen molar-refractivity contribution in [1.82, 2.24) is 21.3 Å². The first-order valence-corrected chi connectivity index (χ1v) is 33.5. The molecule has 0 radical (unpaired) electrons. The van der Waals surface area contributed by atoms with E-state index in [9.17, 15) is 147 Å². The van der Waals surface area contributed by atoms with Gasteiger partial charge in [0.15, 0.2) is 37.7 Å². The summed E-state index contributed by atoms with van der Waals surface area (Å²) >= 11 is 0. The number of carboxylic acid groups (broad SMARTS) is 1. The Labute approximate surface area is 601 Å². The van der Waals surface area contributed by atoms with Gasteiger partial charge in [0.25, 0.3) is 5.79 Å². The van der Waals surface area contributed by atoms with Gasteiger partial charge in [-0.15, -0.1) is 0 Å². The maximum absolute atomic E-state index is 13.1. The molecule has 0 spiro atoms. The van der Waals surface area contributed by atoms with E-state index in [1.54, 1.807) is 0 Å². The van der Waals surface area contributed by atoms with Gasteiger partial charge >= 0.3 is 5.97 Å². The molecule has 0 aromatic rings. The Kier molecular flexibility index (Phi) is 32.7. The Morgan fingerprint density at radius 3 is 1.42 bits per heavy atom. The highest BCUT2D eigenvalue weighted by atomic mass is 16.8. The fourth-order valence-corrected chi connectivity index (χ4v) is 13.2. The molecule has 7 heterocycles. The number of hydrogen-bond acceptors (Lipinski definition) is 42. The number of ether oxygens (including phenoxy) is 14. The van der Waals surface area contributed by atoms with Crippen LogP contribution in [-0.4, -0.2) is 450 Å². The fourth-order valence-electron chi connectivity index (χ4n) is 13.2. The molecule has 0 bridgehead atoms. The minimum atomic E-state index is -3.28. The topological polar surface area (TPSA) is 748 Å². The van der Waals surface area contributed by atoms with Crippen LogP contribution in [0.15, 0.2) is 0 Å². The monoisotopic (exact) mass is 1550 g/mol. The Bertz CT molecular complexity index is 2800. The number of aliphatic carboxylic acids is 1. The van der Waals surface area contributed by atoms with E-state index < -0.39 is 334 Å². The van der Waals surface area contributed by atoms with Crippen LogP contribution in [0.3, 0.4) is 0 Å². The smallest absolute Gasteiger partial charge is 0.364 e. The highest BCUT2D eigenvalue weighted by molar-refractivity contribution is 5.77. The normalized spacial score (nSPS) is 44.1. The Morgan fingerprint density at radius 2 is 0.896 bits per heavy atom. The zero-order chi connectivity index (χ0) is 79.0. The first-order chi connectivity index (χ1) is 49.9. The zero-order valence-electron chi connectivity index (χ0n) is 57.4. The van der Waals surface area contributed by atoms with Crippen LogP contribution in [0.1, 0.15) is 41.0 Å². The number of amides is 4. The van der Waals surface area contributed by atoms with Gasteiger partial charge in [-0.25, -0.2) is 4.79 Å². The maximum atomic E-state index is 13.1. The SMILES string of the molecule is CC(=O)N[C@H]1[C@H](OC[C@@H](O)[C@H](O)[C@H](O[C@@H]2O[C@H](CO)[C@H](O)[C@H](O[C@]3(C(=O)O)C[C@H](O)[C@@H](NC(C)=O)[C@H]([C@H](O)[C@H](O)CO)O3)[C@H]2O)[C@H](CO)NC(C)=O)O[C@H](CO)[C@@H](O[C@@H]2O[C@H](CO)[C@H](O)[C@H](O[C@@H]3O[C@H](CO)[C@@H](O[C@@H]4O[C@H](CO)[C@H](O)[C@H](O)[C@H]4O[C@@H]4O[C@@H](C)[C@@H](O)[C@@H](O)[C@@H]4O)[C@H](O)[C@H]3NC(C)=O)[C@H]2O)[C@@H]1O. The number of carboxylic acids is 1. The van der Waals surface area contributed by atoms with E-state index in [1.807, 2.05) is 0 Å². The highest BCUT2D eigenvalue weighted by Gasteiger charge is 2.62. The molecule has 0 aromatic carbocycles. The number of carbonyl (C=O) groups is 5. The van der Waals surface area contributed by atoms with E-state index in [1.165, 1.54) is 6.92 Å². The van der Waals surface area contributed by atoms with Crippen molar-refractivity contribution in [3.8, 4) is 0 Å². The van der Waals surface area contributed by atoms with Crippen LogP contribution in [0, 0.1) is 0 Å². The van der Waals surface area contributed by atoms with Gasteiger partial charge in [-0.1, -0.05) is 0 Å². The molecule has 7 fully saturated rings. The summed E-state index contributed by atoms with van der Waals surface area (Å²) in [5.74, 6) is -9.07. The van der Waals surface area contributed by atoms with Gasteiger partial charge in [0.1, 0.15) is 177 Å². The van der Waals surface area contributed by atoms with Gasteiger partial charge in [0.05, 0.1) is 77.1 Å². The summed E-state index contributed by atoms with van der Waals surface area (Å²) in [5, 5.41) is 273. The Balaban J connectivity index is 1.08. The van der Waals surface area contributed by atoms with E-state index in [0.717, 1.165) is 27.7 Å². The molecule has 106 heavy (non-hydrogen) atoms. The van der Waals surface area contributed by atoms with Crippen molar-refractivity contribution < 1.29 is 213 Å². The van der Waals surface area contributed by atoms with Gasteiger partial charge in [-0.05, 0) is 6.92 Å². The summed E-state index contributed by atoms with van der Waals surface area (Å²) in [4.78, 5) is 63.4. The Morgan fingerprint density at radius 1 is 0.443 bits per heavy atom. The maximum Gasteiger partial charge on any atom is 0.364 e. The molecule has 7 aliphatic rings. The number of nitrogens with one attached hydrogen (secondary N) is 4. The molecule has 0 unspecified atom stereocenters. The van der Waals surface area contributed by atoms with Gasteiger partial charge in [-0.2, -0.15) is 0 Å². The average molecular weight is 1550 g/mol. The number of rotatable bonds is 32. The van der Waals surface area contributed by atoms with Crippen molar-refractivity contribution in [3.63, 3.8) is 0 Å². The third-order valence-electron chi connectivity index (χ3n) is 18.8. The van der Waals surface area contributed by atoms with Crippen molar-refractivity contribution >= 4 is 29.6 Å². The molecule has 40 atom stereocenters. The van der Waals surface area contributed by atoms with E-state index in [2.05, 4.69) is 21.3 Å². The highest BCUT2D eigenvalue weighted by Crippen LogP contribution is 2.40. The van der Waals surface area contributed by atoms with E-state index in [-0.39, 0.29) is 0 Å². The first kappa shape index (κ1) is 89.1. The molecule has 4 amide bonds. The molecule has 0 saturated carbocycles. The lowest BCUT2D eigenvalue weighted by atomic mass is 9.88. The average Bonchev–Trinajstić information content (AvgIpc) is 0.763. The van der Waals surface area contributed by atoms with Crippen LogP contribution in [0.4, 0.5) is 0 Å². The largest absolute Gasteiger partial charge is 0.477 e. The zero-order valence-corrected chi connectivity index (χ0v) is 57.4. The summed E-state index contributed by atoms with van der Waals surface area (Å²) in [6, 6.07) is -7.35. The van der Waals surface area contributed by atoms with Crippen molar-refractivity contribution in [3.05, 3.63) is 0 Å². The summed E-state index contributed by atoms with van der Waals surface area (Å²) in [6.45, 7) is -4.09. The lowest BCUT2D eigenvalue weighted by molar-refractivity contribution is -0.390. The molecule has 0 aromatic heterocycles. The quantitative estimate of drug-likeness (QED) is 0.0297. The summed E-state index contributed by atoms with van der Waals surface area (Å²) in [7, 11) is 0. The van der Waals surface area contributed by atoms with Gasteiger partial charge < -0.3 is 210 Å². The Hall–Kier alpha value is -4.13. The minimum absolute atomic E-state index is 0.863. The summed E-state index contributed by atoms with van der Waals surface area (Å²) < 4.78 is 81.0. The van der Waals surface area contributed by atoms with Gasteiger partial charge in [0.2, 0.25) is 23.6 Å². The summed E-state index contributed by atoms with van der Waals surface area (Å²) in [5.41, 5.74) is 0. The predicted molar refractivity (Wildman–Crippen MR) is 329 cm³/mol. The molecule has 0 aliphatic carbocycles. The second-order valence-electron chi connectivity index (χ2n) is 26.5. The summed E-state index contributed by atoms with van der Waals surface area (Å²) in [6.07, 6.45) is -73.5. The molecule has 614 valence electrons. The van der Waals surface area contributed by atoms with Crippen LogP contribution in [-0.2, 0) is 90.3 Å². The number of aliphatic hydroxyl groups excluding tert-OH is 23. The number of hydrogen-bond donors (Lipinski definition) is 28. The molecule has 47 heteroatoms. The molecule has 7 saturated heterocycles. The lowest BCUT2D eigenvalue weighted by Crippen LogP contribution is -2.70. The van der Waals surface area contributed by atoms with E-state index in [4.69, 9.17) is 66.3 Å². The number of aliphatic hydroxyl groups is 23. The van der Waals surface area contributed by atoms with Gasteiger partial charge in [-0.3, -0.25) is 19.2 Å². The molecular formula is C59H100N4O43. The molecular weight excluding hydrogens is 1450 g/mol. The van der Waals surface area contributed by atoms with Crippen LogP contribution >= 0.6 is 0 Å². The van der Waals surface area contributed by atoms with Crippen molar-refractivity contribution in [1.29, 1.82) is 0 Å². The standard InChI is InChI=1S/C59H100N4O43/c1-15-32(78)40(86)42(88)54(94-15)104-51-41(87)35(81)24(9-66)97-57(51)102-47-28(13-70)99-53(31(39(47)85)63-19(5)74)103-49-36(82)25(10-67)95-55(43(49)89)101-46-27(12-69)98-52(30(38(46)84)62-18(4)73)93-14-23(77)34(80)45(20(7-64)60-16(2)71)100-56-44(90)50(37(83)26(11-68)96-56)106-59(58(91)92)6-21(75)29(61-17(3)72)48(105-59)33(79)22(76)8-65/h15,20-57,64-70,75-90H,6-14H2,1-5H3,(H,60,71)(H,61,72)(H,62,73)(H,63,74)(H,91,92)/t15-,20-,21-,22+,23+,24+,25+,26+,27+,28+,29+,30+,31+,32+,33+,34-,35-,36-,37-,38+,39+,40+,41-,42-,43+,44+,45+,46+,47+,48+,49-,50-,51+,52+,53-,54-,55-,56-,57-,59-/m0/s1. The molecule has 28 N–H and O–H groups in total. The van der Waals surface area contributed by atoms with Crippen molar-refractivity contribution in [2.24, 2.45) is 0 Å². The second-order valence-corrected chi connectivity index (χ2v) is 26.5. The molecule has 47 nitrogen and oxygen atoms in total. The molecule has 7 rings (SSSR count). The van der Waals surface area contributed by atoms with Crippen LogP contribution in [0.2, 0.25) is 0 Å². The predicted octanol–water partition coefficient (Wildman–Crippen LogP) is -18.0. The van der Waals surface area contributed by atoms with Crippen LogP contribution < -0.4 is 21.3 Å². The lowest BCUT2D eigenvalue weighted by Gasteiger charge is -2.50. The third kappa shape index (κ3) is 20.2. The van der Waals surface area contributed by atoms with Crippen molar-refractivity contribution in [2.75, 3.05) is 52.9 Å². The minimum Gasteiger partial charge on any atom is -0.477 e. The third-order valence-corrected chi connectivity index (χ3v) is 18.8. The van der Waals surface area contributed by atoms with Crippen molar-refractivity contribution in [2.45, 2.75) is 286 Å². The van der Waals surface area contributed by atoms with Crippen LogP contribution in [0.25, 0.3) is 0 Å². The van der Waals surface area contributed by atoms with E-state index >= 15 is 0 Å². The van der Waals surface area contributed by atoms with Gasteiger partial charge in [0, 0.05) is 34.1 Å². The second kappa shape index (κ2) is 38.9. The number of carbonyl (C=O) groups excluding carboxylic acids is 4. The fraction of sp³-hybridized carbons (Fsp3) is 0.915. The van der Waals surface area contributed by atoms with E-state index in [0.29, 0.717) is 0 Å². The molecule has 7 aliphatic heterocycles. The first-order valence-electron chi connectivity index (χ1n) is 33.5. The van der Waals surface area contributed by atoms with Crippen LogP contribution in [0.5, 0.6) is 0 Å².